The monoisotopic (exact) mass is 325 g/mol. The van der Waals surface area contributed by atoms with Gasteiger partial charge in [-0.2, -0.15) is 0 Å². The fraction of sp³-hybridized carbons (Fsp3) is 0.529. The molecule has 3 atom stereocenters. The van der Waals surface area contributed by atoms with Crippen molar-refractivity contribution < 1.29 is 24.9 Å². The minimum absolute atomic E-state index is 0.418. The third kappa shape index (κ3) is 8.32. The molecule has 1 rings (SSSR count). The maximum absolute atomic E-state index is 10.8. The molecule has 1 unspecified atom stereocenters. The molecule has 0 saturated heterocycles. The number of aliphatic carboxylic acids is 2. The summed E-state index contributed by atoms with van der Waals surface area (Å²) in [5, 5.41) is 25.4. The topological polar surface area (TPSA) is 121 Å². The fourth-order valence-corrected chi connectivity index (χ4v) is 1.76. The Bertz CT molecular complexity index is 496. The third-order valence-corrected chi connectivity index (χ3v) is 3.30. The highest BCUT2D eigenvalue weighted by atomic mass is 16.4. The highest BCUT2D eigenvalue weighted by Crippen LogP contribution is 2.17. The first kappa shape index (κ1) is 21.1. The number of hydrogen-bond donors (Lipinski definition) is 4. The predicted octanol–water partition coefficient (Wildman–Crippen LogP) is 1.85. The Morgan fingerprint density at radius 2 is 1.48 bits per heavy atom. The Kier molecular flexibility index (Phi) is 9.14. The molecule has 0 aromatic heterocycles. The van der Waals surface area contributed by atoms with Gasteiger partial charge in [0.15, 0.2) is 0 Å². The molecule has 0 aliphatic carbocycles. The number of hydrogen-bond acceptors (Lipinski definition) is 4. The summed E-state index contributed by atoms with van der Waals surface area (Å²) in [5.41, 5.74) is 7.05. The molecule has 0 fully saturated rings. The Hall–Kier alpha value is -1.92. The summed E-state index contributed by atoms with van der Waals surface area (Å²) < 4.78 is 0. The van der Waals surface area contributed by atoms with Gasteiger partial charge in [0, 0.05) is 0 Å². The Balaban J connectivity index is 0.000000515. The van der Waals surface area contributed by atoms with Crippen molar-refractivity contribution in [2.24, 2.45) is 11.7 Å². The summed E-state index contributed by atoms with van der Waals surface area (Å²) in [7, 11) is 0. The lowest BCUT2D eigenvalue weighted by atomic mass is 9.97. The Morgan fingerprint density at radius 1 is 1.00 bits per heavy atom. The molecule has 0 aliphatic heterocycles. The smallest absolute Gasteiger partial charge is 0.323 e. The van der Waals surface area contributed by atoms with Crippen LogP contribution in [-0.2, 0) is 16.0 Å². The third-order valence-electron chi connectivity index (χ3n) is 3.30. The van der Waals surface area contributed by atoms with Crippen molar-refractivity contribution in [2.45, 2.75) is 52.2 Å². The molecule has 0 spiro atoms. The Labute approximate surface area is 136 Å². The molecule has 0 aliphatic rings. The van der Waals surface area contributed by atoms with Crippen LogP contribution in [0.15, 0.2) is 24.3 Å². The van der Waals surface area contributed by atoms with Crippen LogP contribution < -0.4 is 5.73 Å². The van der Waals surface area contributed by atoms with Crippen LogP contribution in [0.1, 0.15) is 44.7 Å². The summed E-state index contributed by atoms with van der Waals surface area (Å²) >= 11 is 0. The predicted molar refractivity (Wildman–Crippen MR) is 88.3 cm³/mol. The zero-order valence-electron chi connectivity index (χ0n) is 14.1. The first-order valence-corrected chi connectivity index (χ1v) is 7.54. The van der Waals surface area contributed by atoms with Gasteiger partial charge in [0.25, 0.3) is 0 Å². The number of rotatable bonds is 6. The largest absolute Gasteiger partial charge is 0.481 e. The second-order valence-electron chi connectivity index (χ2n) is 6.00. The van der Waals surface area contributed by atoms with Gasteiger partial charge < -0.3 is 21.1 Å². The van der Waals surface area contributed by atoms with Crippen molar-refractivity contribution in [1.29, 1.82) is 0 Å². The van der Waals surface area contributed by atoms with Gasteiger partial charge in [-0.15, -0.1) is 0 Å². The highest BCUT2D eigenvalue weighted by molar-refractivity contribution is 5.75. The first-order chi connectivity index (χ1) is 10.6. The van der Waals surface area contributed by atoms with Crippen molar-refractivity contribution in [1.82, 2.24) is 0 Å². The van der Waals surface area contributed by atoms with Crippen molar-refractivity contribution in [3.8, 4) is 0 Å². The van der Waals surface area contributed by atoms with Gasteiger partial charge in [0.05, 0.1) is 12.0 Å². The molecule has 1 aromatic rings. The zero-order valence-corrected chi connectivity index (χ0v) is 14.1. The van der Waals surface area contributed by atoms with Crippen LogP contribution in [-0.4, -0.2) is 39.4 Å². The zero-order chi connectivity index (χ0) is 18.2. The second-order valence-corrected chi connectivity index (χ2v) is 6.00. The summed E-state index contributed by atoms with van der Waals surface area (Å²) in [4.78, 5) is 20.6. The maximum atomic E-state index is 10.8. The fourth-order valence-electron chi connectivity index (χ4n) is 1.76. The average Bonchev–Trinajstić information content (AvgIpc) is 2.46. The minimum atomic E-state index is -1.18. The van der Waals surface area contributed by atoms with Crippen LogP contribution >= 0.6 is 0 Å². The van der Waals surface area contributed by atoms with E-state index >= 15 is 0 Å². The summed E-state index contributed by atoms with van der Waals surface area (Å²) in [6.45, 7) is 7.39. The van der Waals surface area contributed by atoms with E-state index in [1.807, 2.05) is 24.3 Å². The minimum Gasteiger partial charge on any atom is -0.481 e. The van der Waals surface area contributed by atoms with E-state index in [4.69, 9.17) is 21.1 Å². The van der Waals surface area contributed by atoms with Crippen molar-refractivity contribution in [2.75, 3.05) is 0 Å². The van der Waals surface area contributed by atoms with Crippen molar-refractivity contribution >= 4 is 11.9 Å². The first-order valence-electron chi connectivity index (χ1n) is 7.54. The SMILES string of the molecule is CC(C)Cc1ccc(C(C)C(=O)O)cc1.C[C@@H](O)[C@H](N)C(=O)O. The van der Waals surface area contributed by atoms with E-state index < -0.39 is 30.0 Å². The van der Waals surface area contributed by atoms with Crippen LogP contribution in [0.2, 0.25) is 0 Å². The number of aliphatic hydroxyl groups is 1. The van der Waals surface area contributed by atoms with E-state index in [1.165, 1.54) is 12.5 Å². The quantitative estimate of drug-likeness (QED) is 0.633. The molecule has 0 radical (unpaired) electrons. The lowest BCUT2D eigenvalue weighted by Gasteiger charge is -2.09. The van der Waals surface area contributed by atoms with Gasteiger partial charge in [0.1, 0.15) is 6.04 Å². The van der Waals surface area contributed by atoms with E-state index in [9.17, 15) is 9.59 Å². The van der Waals surface area contributed by atoms with Gasteiger partial charge in [-0.05, 0) is 37.3 Å². The number of carbonyl (C=O) groups is 2. The average molecular weight is 325 g/mol. The molecule has 0 saturated carbocycles. The van der Waals surface area contributed by atoms with Crippen LogP contribution in [0.4, 0.5) is 0 Å². The van der Waals surface area contributed by atoms with Gasteiger partial charge in [-0.1, -0.05) is 38.1 Å². The van der Waals surface area contributed by atoms with Crippen molar-refractivity contribution in [3.05, 3.63) is 35.4 Å². The van der Waals surface area contributed by atoms with Crippen LogP contribution in [0.3, 0.4) is 0 Å². The maximum Gasteiger partial charge on any atom is 0.323 e. The van der Waals surface area contributed by atoms with E-state index in [-0.39, 0.29) is 0 Å². The molecule has 23 heavy (non-hydrogen) atoms. The van der Waals surface area contributed by atoms with Crippen LogP contribution in [0, 0.1) is 5.92 Å². The lowest BCUT2D eigenvalue weighted by Crippen LogP contribution is -2.39. The number of benzene rings is 1. The van der Waals surface area contributed by atoms with E-state index in [0.29, 0.717) is 5.92 Å². The van der Waals surface area contributed by atoms with Crippen molar-refractivity contribution in [3.63, 3.8) is 0 Å². The number of carboxylic acid groups (broad SMARTS) is 2. The Morgan fingerprint density at radius 3 is 1.74 bits per heavy atom. The number of carboxylic acids is 2. The summed E-state index contributed by atoms with van der Waals surface area (Å²) in [6.07, 6.45) is 0.0642. The van der Waals surface area contributed by atoms with E-state index in [2.05, 4.69) is 13.8 Å². The van der Waals surface area contributed by atoms with Gasteiger partial charge in [0.2, 0.25) is 0 Å². The number of aliphatic hydroxyl groups excluding tert-OH is 1. The van der Waals surface area contributed by atoms with Gasteiger partial charge in [-0.3, -0.25) is 9.59 Å². The molecule has 0 heterocycles. The molecule has 1 aromatic carbocycles. The summed E-state index contributed by atoms with van der Waals surface area (Å²) in [5.74, 6) is -1.74. The van der Waals surface area contributed by atoms with Crippen LogP contribution in [0.25, 0.3) is 0 Å². The molecule has 0 bridgehead atoms. The molecule has 6 heteroatoms. The number of nitrogens with two attached hydrogens (primary N) is 1. The molecule has 130 valence electrons. The highest BCUT2D eigenvalue weighted by Gasteiger charge is 2.16. The molecular formula is C17H27NO5. The standard InChI is InChI=1S/C13H18O2.C4H9NO3/c1-9(2)8-11-4-6-12(7-5-11)10(3)13(14)15;1-2(6)3(5)4(7)8/h4-7,9-10H,8H2,1-3H3,(H,14,15);2-3,6H,5H2,1H3,(H,7,8)/t;2-,3+/m.1/s1. The van der Waals surface area contributed by atoms with E-state index in [1.54, 1.807) is 6.92 Å². The molecule has 6 nitrogen and oxygen atoms in total. The normalized spacial score (nSPS) is 14.4. The molecular weight excluding hydrogens is 298 g/mol. The van der Waals surface area contributed by atoms with Gasteiger partial charge >= 0.3 is 11.9 Å². The molecule has 0 amide bonds. The lowest BCUT2D eigenvalue weighted by molar-refractivity contribution is -0.141. The summed E-state index contributed by atoms with van der Waals surface area (Å²) in [6, 6.07) is 6.71. The second kappa shape index (κ2) is 9.97. The van der Waals surface area contributed by atoms with E-state index in [0.717, 1.165) is 12.0 Å². The van der Waals surface area contributed by atoms with Crippen LogP contribution in [0.5, 0.6) is 0 Å². The molecule has 5 N–H and O–H groups in total. The van der Waals surface area contributed by atoms with Gasteiger partial charge in [-0.25, -0.2) is 0 Å².